The molecule has 0 aliphatic carbocycles. The van der Waals surface area contributed by atoms with Gasteiger partial charge in [0.2, 0.25) is 5.91 Å². The first-order valence-electron chi connectivity index (χ1n) is 8.82. The highest BCUT2D eigenvalue weighted by Gasteiger charge is 2.36. The fourth-order valence-corrected chi connectivity index (χ4v) is 4.08. The lowest BCUT2D eigenvalue weighted by atomic mass is 10.1. The number of hydrogen-bond acceptors (Lipinski definition) is 6. The Morgan fingerprint density at radius 2 is 1.87 bits per heavy atom. The van der Waals surface area contributed by atoms with Crippen LogP contribution in [0.1, 0.15) is 16.7 Å². The number of halogens is 2. The number of benzene rings is 2. The van der Waals surface area contributed by atoms with Gasteiger partial charge in [-0.05, 0) is 61.0 Å². The van der Waals surface area contributed by atoms with Crippen LogP contribution in [0.15, 0.2) is 35.2 Å². The van der Waals surface area contributed by atoms with E-state index in [0.717, 1.165) is 22.1 Å². The van der Waals surface area contributed by atoms with Crippen molar-refractivity contribution in [2.45, 2.75) is 13.8 Å². The van der Waals surface area contributed by atoms with Gasteiger partial charge >= 0.3 is 0 Å². The Morgan fingerprint density at radius 3 is 2.52 bits per heavy atom. The summed E-state index contributed by atoms with van der Waals surface area (Å²) >= 11 is 12.5. The molecule has 0 unspecified atom stereocenters. The zero-order chi connectivity index (χ0) is 22.9. The van der Waals surface area contributed by atoms with Gasteiger partial charge in [-0.1, -0.05) is 29.3 Å². The van der Waals surface area contributed by atoms with Gasteiger partial charge in [0.15, 0.2) is 0 Å². The van der Waals surface area contributed by atoms with E-state index in [0.29, 0.717) is 17.4 Å². The fraction of sp³-hybridized carbons (Fsp3) is 0.150. The highest BCUT2D eigenvalue weighted by molar-refractivity contribution is 8.18. The van der Waals surface area contributed by atoms with E-state index in [-0.39, 0.29) is 26.2 Å². The third-order valence-electron chi connectivity index (χ3n) is 4.52. The second kappa shape index (κ2) is 9.09. The van der Waals surface area contributed by atoms with Gasteiger partial charge in [-0.15, -0.1) is 0 Å². The molecule has 0 bridgehead atoms. The van der Waals surface area contributed by atoms with Crippen molar-refractivity contribution in [3.8, 4) is 0 Å². The molecule has 0 radical (unpaired) electrons. The molecule has 1 aliphatic rings. The summed E-state index contributed by atoms with van der Waals surface area (Å²) in [6.45, 7) is 3.37. The number of nitrogens with zero attached hydrogens (tertiary/aromatic N) is 2. The van der Waals surface area contributed by atoms with Gasteiger partial charge in [0.05, 0.1) is 9.83 Å². The Kier molecular flexibility index (Phi) is 6.68. The van der Waals surface area contributed by atoms with Crippen molar-refractivity contribution in [1.82, 2.24) is 4.90 Å². The first-order valence-corrected chi connectivity index (χ1v) is 10.4. The molecule has 2 aromatic carbocycles. The third kappa shape index (κ3) is 5.07. The smallest absolute Gasteiger partial charge is 0.294 e. The fourth-order valence-electron chi connectivity index (χ4n) is 2.75. The van der Waals surface area contributed by atoms with Crippen LogP contribution in [0.2, 0.25) is 10.0 Å². The minimum absolute atomic E-state index is 0.0116. The number of hydrogen-bond donors (Lipinski definition) is 1. The third-order valence-corrected chi connectivity index (χ3v) is 6.05. The Hall–Kier alpha value is -2.88. The largest absolute Gasteiger partial charge is 0.325 e. The molecule has 3 rings (SSSR count). The lowest BCUT2D eigenvalue weighted by Crippen LogP contribution is -2.36. The molecule has 3 amide bonds. The Morgan fingerprint density at radius 1 is 1.16 bits per heavy atom. The summed E-state index contributed by atoms with van der Waals surface area (Å²) in [4.78, 5) is 48.4. The summed E-state index contributed by atoms with van der Waals surface area (Å²) in [7, 11) is 0. The molecular weight excluding hydrogens is 465 g/mol. The van der Waals surface area contributed by atoms with E-state index in [2.05, 4.69) is 5.32 Å². The number of anilines is 1. The zero-order valence-electron chi connectivity index (χ0n) is 16.3. The summed E-state index contributed by atoms with van der Waals surface area (Å²) in [6, 6.07) is 7.67. The quantitative estimate of drug-likeness (QED) is 0.358. The van der Waals surface area contributed by atoms with Crippen molar-refractivity contribution >= 4 is 69.5 Å². The molecule has 0 atom stereocenters. The maximum Gasteiger partial charge on any atom is 0.294 e. The topological polar surface area (TPSA) is 110 Å². The molecule has 8 nitrogen and oxygen atoms in total. The normalized spacial score (nSPS) is 15.0. The predicted octanol–water partition coefficient (Wildman–Crippen LogP) is 5.19. The maximum absolute atomic E-state index is 12.6. The van der Waals surface area contributed by atoms with Crippen molar-refractivity contribution in [1.29, 1.82) is 0 Å². The number of nitrogens with one attached hydrogen (secondary N) is 1. The van der Waals surface area contributed by atoms with Crippen LogP contribution in [0, 0.1) is 24.0 Å². The molecule has 1 saturated heterocycles. The number of nitro groups is 1. The highest BCUT2D eigenvalue weighted by atomic mass is 35.5. The number of rotatable bonds is 5. The summed E-state index contributed by atoms with van der Waals surface area (Å²) in [5.74, 6) is -1.23. The van der Waals surface area contributed by atoms with Gasteiger partial charge in [0.1, 0.15) is 11.6 Å². The van der Waals surface area contributed by atoms with Gasteiger partial charge in [-0.3, -0.25) is 29.4 Å². The second-order valence-electron chi connectivity index (χ2n) is 6.70. The zero-order valence-corrected chi connectivity index (χ0v) is 18.6. The Labute approximate surface area is 191 Å². The van der Waals surface area contributed by atoms with E-state index in [9.17, 15) is 24.5 Å². The van der Waals surface area contributed by atoms with E-state index in [1.165, 1.54) is 12.1 Å². The molecule has 1 N–H and O–H groups in total. The van der Waals surface area contributed by atoms with Crippen LogP contribution in [-0.4, -0.2) is 33.4 Å². The van der Waals surface area contributed by atoms with Crippen molar-refractivity contribution in [2.75, 3.05) is 11.9 Å². The molecule has 1 aliphatic heterocycles. The van der Waals surface area contributed by atoms with Crippen molar-refractivity contribution in [3.63, 3.8) is 0 Å². The van der Waals surface area contributed by atoms with E-state index in [1.807, 2.05) is 19.9 Å². The van der Waals surface area contributed by atoms with Crippen LogP contribution in [0.25, 0.3) is 6.08 Å². The van der Waals surface area contributed by atoms with Crippen molar-refractivity contribution < 1.29 is 19.3 Å². The van der Waals surface area contributed by atoms with Gasteiger partial charge in [-0.25, -0.2) is 0 Å². The highest BCUT2D eigenvalue weighted by Crippen LogP contribution is 2.36. The Balaban J connectivity index is 1.78. The number of carbonyl (C=O) groups is 3. The molecule has 0 spiro atoms. The van der Waals surface area contributed by atoms with E-state index in [4.69, 9.17) is 23.2 Å². The number of thioether (sulfide) groups is 1. The first-order chi connectivity index (χ1) is 14.6. The number of carbonyl (C=O) groups excluding carboxylic acids is 3. The van der Waals surface area contributed by atoms with Crippen molar-refractivity contribution in [2.24, 2.45) is 0 Å². The monoisotopic (exact) mass is 479 g/mol. The maximum atomic E-state index is 12.6. The summed E-state index contributed by atoms with van der Waals surface area (Å²) in [6.07, 6.45) is 1.26. The Bertz CT molecular complexity index is 1170. The standard InChI is InChI=1S/C20H15Cl2N3O5S/c1-10-3-4-13(5-11(10)2)23-18(26)9-24-19(27)17(31-20(24)28)7-12-6-16(25(29)30)15(22)8-14(12)21/h3-8H,9H2,1-2H3,(H,23,26)/b17-7-. The molecule has 2 aromatic rings. The lowest BCUT2D eigenvalue weighted by Gasteiger charge is -2.13. The van der Waals surface area contributed by atoms with E-state index >= 15 is 0 Å². The van der Waals surface area contributed by atoms with Crippen LogP contribution < -0.4 is 5.32 Å². The van der Waals surface area contributed by atoms with E-state index in [1.54, 1.807) is 12.1 Å². The SMILES string of the molecule is Cc1ccc(NC(=O)CN2C(=O)S/C(=C\c3cc([N+](=O)[O-])c(Cl)cc3Cl)C2=O)cc1C. The number of amides is 3. The summed E-state index contributed by atoms with van der Waals surface area (Å²) in [5.41, 5.74) is 2.37. The molecule has 31 heavy (non-hydrogen) atoms. The molecule has 11 heteroatoms. The number of aryl methyl sites for hydroxylation is 2. The average Bonchev–Trinajstić information content (AvgIpc) is 2.94. The predicted molar refractivity (Wildman–Crippen MR) is 120 cm³/mol. The van der Waals surface area contributed by atoms with Gasteiger partial charge in [0.25, 0.3) is 16.8 Å². The lowest BCUT2D eigenvalue weighted by molar-refractivity contribution is -0.384. The molecule has 1 heterocycles. The summed E-state index contributed by atoms with van der Waals surface area (Å²) < 4.78 is 0. The van der Waals surface area contributed by atoms with Crippen LogP contribution in [0.4, 0.5) is 16.2 Å². The average molecular weight is 480 g/mol. The summed E-state index contributed by atoms with van der Waals surface area (Å²) in [5, 5.41) is 13.0. The molecular formula is C20H15Cl2N3O5S. The van der Waals surface area contributed by atoms with Crippen LogP contribution in [0.3, 0.4) is 0 Å². The molecule has 0 saturated carbocycles. The van der Waals surface area contributed by atoms with Crippen LogP contribution in [-0.2, 0) is 9.59 Å². The van der Waals surface area contributed by atoms with Crippen LogP contribution >= 0.6 is 35.0 Å². The minimum atomic E-state index is -0.695. The van der Waals surface area contributed by atoms with Crippen LogP contribution in [0.5, 0.6) is 0 Å². The molecule has 1 fully saturated rings. The van der Waals surface area contributed by atoms with Gasteiger partial charge in [0, 0.05) is 22.3 Å². The second-order valence-corrected chi connectivity index (χ2v) is 8.50. The minimum Gasteiger partial charge on any atom is -0.325 e. The number of imide groups is 1. The van der Waals surface area contributed by atoms with Crippen molar-refractivity contribution in [3.05, 3.63) is 72.1 Å². The number of nitro benzene ring substituents is 1. The van der Waals surface area contributed by atoms with Gasteiger partial charge < -0.3 is 5.32 Å². The molecule has 0 aromatic heterocycles. The molecule has 160 valence electrons. The first kappa shape index (κ1) is 22.8. The van der Waals surface area contributed by atoms with E-state index < -0.39 is 28.5 Å². The van der Waals surface area contributed by atoms with Gasteiger partial charge in [-0.2, -0.15) is 0 Å².